The second-order valence-corrected chi connectivity index (χ2v) is 16.6. The van der Waals surface area contributed by atoms with Crippen LogP contribution in [0.15, 0.2) is 42.5 Å². The molecule has 7 rings (SSSR count). The Morgan fingerprint density at radius 3 is 2.37 bits per heavy atom. The Bertz CT molecular complexity index is 2700. The van der Waals surface area contributed by atoms with Gasteiger partial charge in [-0.1, -0.05) is 23.6 Å². The standard InChI is InChI=1S/C37H29ClF9N7O4S/c1-35(56,34(41)42)9-8-19-4-5-20(21-6-7-24(38)28-30(21)53(2)51-33(28)52-59(3,57)58)29(48-19)25(12-16-10-17(39)13-18(40)11-16)49-26(55)15-54-32-27(31(50-54)37(45,46)47)22-14-23(22)36(32,43)44/h4-7,10-11,13,22-23,25,34,56H,12,14-15H2,1-3H3,(H,49,55)(H,51,52)/t22-,23+,25-,35+/m0/s1. The van der Waals surface area contributed by atoms with Gasteiger partial charge in [-0.15, -0.1) is 0 Å². The van der Waals surface area contributed by atoms with Gasteiger partial charge in [-0.05, 0) is 67.5 Å². The lowest BCUT2D eigenvalue weighted by Crippen LogP contribution is -2.35. The topological polar surface area (TPSA) is 144 Å². The normalized spacial score (nSPS) is 18.5. The lowest BCUT2D eigenvalue weighted by Gasteiger charge is -2.23. The number of amides is 1. The van der Waals surface area contributed by atoms with E-state index in [1.165, 1.54) is 36.0 Å². The summed E-state index contributed by atoms with van der Waals surface area (Å²) < 4.78 is 157. The van der Waals surface area contributed by atoms with Crippen molar-refractivity contribution >= 4 is 44.3 Å². The molecule has 312 valence electrons. The zero-order valence-electron chi connectivity index (χ0n) is 30.6. The Balaban J connectivity index is 1.40. The number of aliphatic hydroxyl groups is 1. The first-order valence-corrected chi connectivity index (χ1v) is 19.6. The van der Waals surface area contributed by atoms with E-state index in [1.807, 2.05) is 5.92 Å². The molecule has 4 atom stereocenters. The van der Waals surface area contributed by atoms with Crippen LogP contribution in [0.2, 0.25) is 5.02 Å². The number of alkyl halides is 7. The Morgan fingerprint density at radius 1 is 1.08 bits per heavy atom. The molecule has 0 radical (unpaired) electrons. The van der Waals surface area contributed by atoms with Crippen molar-refractivity contribution in [2.45, 2.75) is 62.4 Å². The van der Waals surface area contributed by atoms with Gasteiger partial charge in [0, 0.05) is 35.7 Å². The highest BCUT2D eigenvalue weighted by molar-refractivity contribution is 7.92. The number of pyridine rings is 1. The average Bonchev–Trinajstić information content (AvgIpc) is 3.65. The van der Waals surface area contributed by atoms with E-state index in [2.05, 4.69) is 31.1 Å². The van der Waals surface area contributed by atoms with Crippen LogP contribution in [0.4, 0.5) is 45.3 Å². The van der Waals surface area contributed by atoms with Crippen molar-refractivity contribution in [1.82, 2.24) is 29.9 Å². The Kier molecular flexibility index (Phi) is 10.2. The molecule has 11 nitrogen and oxygen atoms in total. The summed E-state index contributed by atoms with van der Waals surface area (Å²) in [5.74, 6) is -5.41. The highest BCUT2D eigenvalue weighted by atomic mass is 35.5. The Labute approximate surface area is 333 Å². The van der Waals surface area contributed by atoms with Crippen molar-refractivity contribution in [3.63, 3.8) is 0 Å². The van der Waals surface area contributed by atoms with Crippen LogP contribution < -0.4 is 10.0 Å². The van der Waals surface area contributed by atoms with Gasteiger partial charge in [-0.25, -0.2) is 31.0 Å². The molecule has 1 fully saturated rings. The third-order valence-corrected chi connectivity index (χ3v) is 10.7. The van der Waals surface area contributed by atoms with Crippen molar-refractivity contribution < 1.29 is 57.8 Å². The summed E-state index contributed by atoms with van der Waals surface area (Å²) in [5, 5.41) is 20.3. The van der Waals surface area contributed by atoms with E-state index in [-0.39, 0.29) is 60.9 Å². The van der Waals surface area contributed by atoms with Crippen molar-refractivity contribution in [2.24, 2.45) is 13.0 Å². The molecule has 2 aromatic carbocycles. The number of nitrogens with one attached hydrogen (secondary N) is 2. The van der Waals surface area contributed by atoms with E-state index in [0.29, 0.717) is 6.07 Å². The number of hydrogen-bond acceptors (Lipinski definition) is 7. The molecule has 3 heterocycles. The molecule has 0 unspecified atom stereocenters. The first-order valence-electron chi connectivity index (χ1n) is 17.3. The van der Waals surface area contributed by atoms with E-state index in [9.17, 15) is 49.1 Å². The molecule has 3 aromatic heterocycles. The number of aryl methyl sites for hydroxylation is 1. The molecule has 0 bridgehead atoms. The Hall–Kier alpha value is -5.33. The number of sulfonamides is 1. The summed E-state index contributed by atoms with van der Waals surface area (Å²) in [5.41, 5.74) is -6.34. The molecule has 59 heavy (non-hydrogen) atoms. The third-order valence-electron chi connectivity index (χ3n) is 9.82. The number of anilines is 1. The summed E-state index contributed by atoms with van der Waals surface area (Å²) in [6, 6.07) is 6.20. The Morgan fingerprint density at radius 2 is 1.75 bits per heavy atom. The number of carbonyl (C=O) groups excluding carboxylic acids is 1. The smallest absolute Gasteiger partial charge is 0.372 e. The largest absolute Gasteiger partial charge is 0.435 e. The van der Waals surface area contributed by atoms with Crippen molar-refractivity contribution in [3.8, 4) is 23.0 Å². The van der Waals surface area contributed by atoms with Crippen molar-refractivity contribution in [2.75, 3.05) is 11.0 Å². The van der Waals surface area contributed by atoms with Crippen LogP contribution in [0.5, 0.6) is 0 Å². The van der Waals surface area contributed by atoms with Gasteiger partial charge in [0.05, 0.1) is 33.9 Å². The SMILES string of the molecule is Cn1nc(NS(C)(=O)=O)c2c(Cl)ccc(-c3ccc(C#C[C@@](C)(O)C(F)F)nc3[C@H](Cc3cc(F)cc(F)c3)NC(=O)Cn3nc(C(F)(F)F)c4c3C(F)(F)[C@@H]3C[C@H]43)c21. The first kappa shape index (κ1) is 41.8. The van der Waals surface area contributed by atoms with E-state index in [1.54, 1.807) is 0 Å². The number of carbonyl (C=O) groups is 1. The monoisotopic (exact) mass is 873 g/mol. The zero-order chi connectivity index (χ0) is 43.1. The van der Waals surface area contributed by atoms with Crippen LogP contribution in [0.25, 0.3) is 22.0 Å². The third kappa shape index (κ3) is 8.04. The predicted octanol–water partition coefficient (Wildman–Crippen LogP) is 6.83. The molecule has 0 spiro atoms. The van der Waals surface area contributed by atoms with Crippen molar-refractivity contribution in [3.05, 3.63) is 93.0 Å². The minimum Gasteiger partial charge on any atom is -0.372 e. The van der Waals surface area contributed by atoms with Gasteiger partial charge >= 0.3 is 6.18 Å². The quantitative estimate of drug-likeness (QED) is 0.103. The fraction of sp³-hybridized carbons (Fsp3) is 0.351. The summed E-state index contributed by atoms with van der Waals surface area (Å²) in [7, 11) is -2.48. The van der Waals surface area contributed by atoms with Crippen LogP contribution in [0, 0.1) is 29.4 Å². The molecule has 3 N–H and O–H groups in total. The molecule has 1 amide bonds. The fourth-order valence-corrected chi connectivity index (χ4v) is 8.01. The minimum atomic E-state index is -5.13. The van der Waals surface area contributed by atoms with Crippen LogP contribution in [0.3, 0.4) is 0 Å². The zero-order valence-corrected chi connectivity index (χ0v) is 32.1. The average molecular weight is 874 g/mol. The maximum Gasteiger partial charge on any atom is 0.435 e. The van der Waals surface area contributed by atoms with Crippen LogP contribution in [-0.4, -0.2) is 62.3 Å². The number of rotatable bonds is 10. The predicted molar refractivity (Wildman–Crippen MR) is 194 cm³/mol. The van der Waals surface area contributed by atoms with Gasteiger partial charge in [0.2, 0.25) is 15.9 Å². The van der Waals surface area contributed by atoms with Crippen LogP contribution in [-0.2, 0) is 46.9 Å². The van der Waals surface area contributed by atoms with Crippen LogP contribution in [0.1, 0.15) is 59.2 Å². The maximum atomic E-state index is 15.4. The fourth-order valence-electron chi connectivity index (χ4n) is 7.27. The highest BCUT2D eigenvalue weighted by Gasteiger charge is 2.68. The van der Waals surface area contributed by atoms with Gasteiger partial charge in [-0.2, -0.15) is 32.1 Å². The minimum absolute atomic E-state index is 0.0220. The second-order valence-electron chi connectivity index (χ2n) is 14.4. The number of hydrogen-bond donors (Lipinski definition) is 3. The highest BCUT2D eigenvalue weighted by Crippen LogP contribution is 2.68. The lowest BCUT2D eigenvalue weighted by atomic mass is 9.93. The van der Waals surface area contributed by atoms with Crippen molar-refractivity contribution in [1.29, 1.82) is 0 Å². The molecule has 2 aliphatic rings. The number of nitrogens with zero attached hydrogens (tertiary/aromatic N) is 5. The molecular weight excluding hydrogens is 845 g/mol. The van der Waals surface area contributed by atoms with E-state index in [4.69, 9.17) is 11.6 Å². The first-order chi connectivity index (χ1) is 27.4. The molecular formula is C37H29ClF9N7O4S. The number of aromatic nitrogens is 5. The molecule has 5 aromatic rings. The van der Waals surface area contributed by atoms with E-state index < -0.39 is 99.5 Å². The lowest BCUT2D eigenvalue weighted by molar-refractivity contribution is -0.142. The van der Waals surface area contributed by atoms with Gasteiger partial charge in [0.1, 0.15) is 29.6 Å². The maximum absolute atomic E-state index is 15.4. The molecule has 22 heteroatoms. The number of benzene rings is 2. The molecule has 1 saturated carbocycles. The van der Waals surface area contributed by atoms with E-state index >= 15 is 8.78 Å². The summed E-state index contributed by atoms with van der Waals surface area (Å²) in [4.78, 5) is 18.4. The molecule has 0 saturated heterocycles. The summed E-state index contributed by atoms with van der Waals surface area (Å²) in [6.45, 7) is -0.444. The number of fused-ring (bicyclic) bond motifs is 4. The van der Waals surface area contributed by atoms with E-state index in [0.717, 1.165) is 25.3 Å². The van der Waals surface area contributed by atoms with Gasteiger partial charge < -0.3 is 10.4 Å². The summed E-state index contributed by atoms with van der Waals surface area (Å²) in [6.07, 6.45) is -8.32. The second kappa shape index (κ2) is 14.4. The number of halogens is 10. The molecule has 2 aliphatic carbocycles. The van der Waals surface area contributed by atoms with Gasteiger partial charge in [0.25, 0.3) is 12.3 Å². The molecule has 0 aliphatic heterocycles. The van der Waals surface area contributed by atoms with Crippen LogP contribution >= 0.6 is 11.6 Å². The summed E-state index contributed by atoms with van der Waals surface area (Å²) >= 11 is 6.52. The van der Waals surface area contributed by atoms with Gasteiger partial charge in [0.15, 0.2) is 17.1 Å². The van der Waals surface area contributed by atoms with Gasteiger partial charge in [-0.3, -0.25) is 18.9 Å².